The molecule has 0 N–H and O–H groups in total. The van der Waals surface area contributed by atoms with Gasteiger partial charge in [-0.05, 0) is 23.3 Å². The molecule has 5 heteroatoms. The van der Waals surface area contributed by atoms with Crippen LogP contribution in [0.3, 0.4) is 0 Å². The molecule has 0 unspecified atom stereocenters. The molecule has 4 aromatic rings. The molecule has 30 heavy (non-hydrogen) atoms. The molecule has 4 rings (SSSR count). The Labute approximate surface area is 172 Å². The van der Waals surface area contributed by atoms with Crippen LogP contribution < -0.4 is 9.47 Å². The van der Waals surface area contributed by atoms with E-state index in [1.165, 1.54) is 0 Å². The van der Waals surface area contributed by atoms with Crippen LogP contribution in [-0.4, -0.2) is 6.16 Å². The van der Waals surface area contributed by atoms with Crippen molar-refractivity contribution < 1.29 is 23.0 Å². The summed E-state index contributed by atoms with van der Waals surface area (Å²) < 4.78 is 37.5. The highest BCUT2D eigenvalue weighted by atomic mass is 19.1. The van der Waals surface area contributed by atoms with Gasteiger partial charge >= 0.3 is 6.16 Å². The van der Waals surface area contributed by atoms with Crippen molar-refractivity contribution in [3.8, 4) is 33.8 Å². The number of carbonyl (C=O) groups excluding carboxylic acids is 1. The maximum atomic E-state index is 13.9. The summed E-state index contributed by atoms with van der Waals surface area (Å²) in [6.45, 7) is 0. The Bertz CT molecular complexity index is 1120. The summed E-state index contributed by atoms with van der Waals surface area (Å²) in [5.74, 6) is -1.90. The molecular weight excluding hydrogens is 386 g/mol. The summed E-state index contributed by atoms with van der Waals surface area (Å²) in [6, 6.07) is 27.0. The first kappa shape index (κ1) is 19.3. The van der Waals surface area contributed by atoms with E-state index in [2.05, 4.69) is 0 Å². The van der Waals surface area contributed by atoms with Crippen LogP contribution in [0.4, 0.5) is 13.6 Å². The van der Waals surface area contributed by atoms with Gasteiger partial charge < -0.3 is 9.47 Å². The molecule has 0 aromatic heterocycles. The molecule has 0 aliphatic heterocycles. The predicted octanol–water partition coefficient (Wildman–Crippen LogP) is 6.88. The van der Waals surface area contributed by atoms with Crippen molar-refractivity contribution in [1.29, 1.82) is 0 Å². The number of hydrogen-bond acceptors (Lipinski definition) is 3. The van der Waals surface area contributed by atoms with Gasteiger partial charge in [0, 0.05) is 17.2 Å². The van der Waals surface area contributed by atoms with E-state index in [0.717, 1.165) is 23.3 Å². The summed E-state index contributed by atoms with van der Waals surface area (Å²) in [4.78, 5) is 12.5. The molecule has 148 valence electrons. The van der Waals surface area contributed by atoms with Crippen LogP contribution in [-0.2, 0) is 0 Å². The fourth-order valence-electron chi connectivity index (χ4n) is 3.09. The van der Waals surface area contributed by atoms with Crippen LogP contribution in [0.2, 0.25) is 0 Å². The zero-order valence-electron chi connectivity index (χ0n) is 15.7. The number of para-hydroxylation sites is 1. The minimum atomic E-state index is -1.12. The lowest BCUT2D eigenvalue weighted by atomic mass is 9.97. The van der Waals surface area contributed by atoms with E-state index in [1.54, 1.807) is 0 Å². The van der Waals surface area contributed by atoms with E-state index in [9.17, 15) is 13.6 Å². The van der Waals surface area contributed by atoms with Crippen molar-refractivity contribution in [2.75, 3.05) is 0 Å². The Morgan fingerprint density at radius 1 is 0.633 bits per heavy atom. The molecule has 0 amide bonds. The van der Waals surface area contributed by atoms with Crippen molar-refractivity contribution in [1.82, 2.24) is 0 Å². The summed E-state index contributed by atoms with van der Waals surface area (Å²) in [7, 11) is 0. The standard InChI is InChI=1S/C25H16F2O3/c26-19-14-15-23(22(27)16-19)29-25(28)30-24-20(17-8-3-1-4-9-17)12-7-13-21(24)18-10-5-2-6-11-18/h1-16H. The first-order valence-corrected chi connectivity index (χ1v) is 9.20. The van der Waals surface area contributed by atoms with Gasteiger partial charge in [0.05, 0.1) is 0 Å². The molecule has 0 radical (unpaired) electrons. The topological polar surface area (TPSA) is 35.5 Å². The van der Waals surface area contributed by atoms with E-state index in [4.69, 9.17) is 9.47 Å². The average Bonchev–Trinajstić information content (AvgIpc) is 2.77. The highest BCUT2D eigenvalue weighted by Crippen LogP contribution is 2.39. The molecule has 0 spiro atoms. The second-order valence-corrected chi connectivity index (χ2v) is 6.44. The SMILES string of the molecule is O=C(Oc1ccc(F)cc1F)Oc1c(-c2ccccc2)cccc1-c1ccccc1. The number of rotatable bonds is 4. The zero-order valence-corrected chi connectivity index (χ0v) is 15.7. The Hall–Kier alpha value is -3.99. The largest absolute Gasteiger partial charge is 0.519 e. The number of ether oxygens (including phenoxy) is 2. The predicted molar refractivity (Wildman–Crippen MR) is 110 cm³/mol. The fraction of sp³-hybridized carbons (Fsp3) is 0. The summed E-state index contributed by atoms with van der Waals surface area (Å²) in [5.41, 5.74) is 3.03. The minimum Gasteiger partial charge on any atom is -0.393 e. The van der Waals surface area contributed by atoms with Gasteiger partial charge in [-0.2, -0.15) is 0 Å². The Morgan fingerprint density at radius 2 is 1.20 bits per heavy atom. The van der Waals surface area contributed by atoms with Crippen LogP contribution in [0.25, 0.3) is 22.3 Å². The first-order chi connectivity index (χ1) is 14.6. The summed E-state index contributed by atoms with van der Waals surface area (Å²) in [6.07, 6.45) is -1.12. The smallest absolute Gasteiger partial charge is 0.393 e. The Morgan fingerprint density at radius 3 is 1.73 bits per heavy atom. The van der Waals surface area contributed by atoms with Crippen LogP contribution >= 0.6 is 0 Å². The summed E-state index contributed by atoms with van der Waals surface area (Å²) >= 11 is 0. The minimum absolute atomic E-state index is 0.280. The number of carbonyl (C=O) groups is 1. The van der Waals surface area contributed by atoms with Gasteiger partial charge in [-0.1, -0.05) is 78.9 Å². The Kier molecular flexibility index (Phi) is 5.52. The van der Waals surface area contributed by atoms with E-state index in [1.807, 2.05) is 78.9 Å². The molecule has 0 saturated heterocycles. The van der Waals surface area contributed by atoms with E-state index in [0.29, 0.717) is 17.2 Å². The van der Waals surface area contributed by atoms with Gasteiger partial charge in [0.1, 0.15) is 11.6 Å². The third-order valence-corrected chi connectivity index (χ3v) is 4.46. The normalized spacial score (nSPS) is 10.5. The second kappa shape index (κ2) is 8.57. The second-order valence-electron chi connectivity index (χ2n) is 6.44. The molecule has 0 aliphatic carbocycles. The summed E-state index contributed by atoms with van der Waals surface area (Å²) in [5, 5.41) is 0. The van der Waals surface area contributed by atoms with Crippen LogP contribution in [0, 0.1) is 11.6 Å². The highest BCUT2D eigenvalue weighted by Gasteiger charge is 2.19. The van der Waals surface area contributed by atoms with Gasteiger partial charge in [0.25, 0.3) is 0 Å². The number of benzene rings is 4. The third-order valence-electron chi connectivity index (χ3n) is 4.46. The van der Waals surface area contributed by atoms with Crippen LogP contribution in [0.15, 0.2) is 97.1 Å². The van der Waals surface area contributed by atoms with E-state index >= 15 is 0 Å². The van der Waals surface area contributed by atoms with Crippen LogP contribution in [0.1, 0.15) is 0 Å². The molecule has 0 atom stereocenters. The molecule has 3 nitrogen and oxygen atoms in total. The lowest BCUT2D eigenvalue weighted by Crippen LogP contribution is -2.15. The van der Waals surface area contributed by atoms with Gasteiger partial charge in [-0.3, -0.25) is 0 Å². The molecule has 0 fully saturated rings. The molecule has 4 aromatic carbocycles. The molecule has 0 aliphatic rings. The van der Waals surface area contributed by atoms with Gasteiger partial charge in [-0.25, -0.2) is 13.6 Å². The van der Waals surface area contributed by atoms with Gasteiger partial charge in [0.15, 0.2) is 11.6 Å². The molecule has 0 heterocycles. The third kappa shape index (κ3) is 4.20. The maximum Gasteiger partial charge on any atom is 0.519 e. The van der Waals surface area contributed by atoms with Crippen molar-refractivity contribution in [3.05, 3.63) is 109 Å². The van der Waals surface area contributed by atoms with Gasteiger partial charge in [0.2, 0.25) is 0 Å². The maximum absolute atomic E-state index is 13.9. The van der Waals surface area contributed by atoms with Crippen molar-refractivity contribution in [2.45, 2.75) is 0 Å². The van der Waals surface area contributed by atoms with Gasteiger partial charge in [-0.15, -0.1) is 0 Å². The fourth-order valence-corrected chi connectivity index (χ4v) is 3.09. The highest BCUT2D eigenvalue weighted by molar-refractivity contribution is 5.85. The van der Waals surface area contributed by atoms with E-state index < -0.39 is 23.5 Å². The molecule has 0 bridgehead atoms. The lowest BCUT2D eigenvalue weighted by Gasteiger charge is -2.15. The average molecular weight is 402 g/mol. The lowest BCUT2D eigenvalue weighted by molar-refractivity contribution is 0.150. The Balaban J connectivity index is 1.74. The van der Waals surface area contributed by atoms with Crippen LogP contribution in [0.5, 0.6) is 11.5 Å². The van der Waals surface area contributed by atoms with Crippen molar-refractivity contribution >= 4 is 6.16 Å². The van der Waals surface area contributed by atoms with Crippen molar-refractivity contribution in [2.24, 2.45) is 0 Å². The zero-order chi connectivity index (χ0) is 20.9. The van der Waals surface area contributed by atoms with Crippen molar-refractivity contribution in [3.63, 3.8) is 0 Å². The first-order valence-electron chi connectivity index (χ1n) is 9.20. The monoisotopic (exact) mass is 402 g/mol. The molecular formula is C25H16F2O3. The number of hydrogen-bond donors (Lipinski definition) is 0. The number of halogens is 2. The quantitative estimate of drug-likeness (QED) is 0.276. The van der Waals surface area contributed by atoms with E-state index in [-0.39, 0.29) is 5.75 Å². The molecule has 0 saturated carbocycles.